The lowest BCUT2D eigenvalue weighted by atomic mass is 10.0. The lowest BCUT2D eigenvalue weighted by Gasteiger charge is -2.40. The number of hydrogen-bond donors (Lipinski definition) is 3. The molecule has 4 heterocycles. The first-order valence-corrected chi connectivity index (χ1v) is 18.6. The molecule has 0 aliphatic carbocycles. The Morgan fingerprint density at radius 3 is 2.58 bits per heavy atom. The van der Waals surface area contributed by atoms with Gasteiger partial charge in [0.15, 0.2) is 6.17 Å². The van der Waals surface area contributed by atoms with E-state index in [-0.39, 0.29) is 5.91 Å². The number of aryl methyl sites for hydroxylation is 2. The Labute approximate surface area is 293 Å². The molecule has 2 aliphatic heterocycles. The molecule has 1 fully saturated rings. The first-order valence-electron chi connectivity index (χ1n) is 17.8. The molecule has 3 N–H and O–H groups in total. The number of piperidine rings is 1. The standard InChI is InChI=1S/C27H36N4OS.C13H20N2/c1-3-5-10-17-31-25(30-15-11-7-12-16-30)20-29-26(27(31)32)28-19-22-18-23(24(4-2)33-22)21-13-8-6-9-14-21;1-4-5-12-6-7-15-10-13(12)8-11(2)9-14-3/h5-6,8-10,13-14,18,20,26,28-29H,3-4,7,11-12,15-17,19H2,1-2H3;6-8,10,14H,4-5,9H2,1-3H3/b10-5+;11-8+. The summed E-state index contributed by atoms with van der Waals surface area (Å²) in [5.41, 5.74) is 6.55. The number of nitrogens with zero attached hydrogens (tertiary/aromatic N) is 3. The Kier molecular flexibility index (Phi) is 15.4. The molecule has 48 heavy (non-hydrogen) atoms. The summed E-state index contributed by atoms with van der Waals surface area (Å²) in [7, 11) is 1.97. The van der Waals surface area contributed by atoms with Crippen molar-refractivity contribution < 1.29 is 4.79 Å². The van der Waals surface area contributed by atoms with Gasteiger partial charge in [0.2, 0.25) is 0 Å². The SMILES string of the molecule is CC/C=C/CN1C(=O)C(NCc2cc(-c3ccccc3)c(CC)s2)NC=C1N1CCCCC1.CCCc1ccncc1/C=C(\C)CNC. The monoisotopic (exact) mass is 668 g/mol. The number of allylic oxidation sites excluding steroid dienone is 1. The molecule has 0 saturated carbocycles. The van der Waals surface area contributed by atoms with E-state index in [9.17, 15) is 4.79 Å². The van der Waals surface area contributed by atoms with Crippen molar-refractivity contribution in [1.82, 2.24) is 30.7 Å². The number of likely N-dealkylation sites (N-methyl/N-ethyl adjacent to an activating group) is 1. The molecule has 7 nitrogen and oxygen atoms in total. The van der Waals surface area contributed by atoms with Crippen LogP contribution in [0, 0.1) is 0 Å². The molecular weight excluding hydrogens is 613 g/mol. The normalized spacial score (nSPS) is 16.9. The number of thiophene rings is 1. The molecule has 2 aromatic heterocycles. The Bertz CT molecular complexity index is 1500. The van der Waals surface area contributed by atoms with Crippen LogP contribution in [0.15, 0.2) is 84.6 Å². The molecule has 1 aromatic carbocycles. The van der Waals surface area contributed by atoms with Crippen LogP contribution < -0.4 is 16.0 Å². The molecule has 1 saturated heterocycles. The summed E-state index contributed by atoms with van der Waals surface area (Å²) < 4.78 is 0. The fourth-order valence-electron chi connectivity index (χ4n) is 6.19. The number of benzene rings is 1. The van der Waals surface area contributed by atoms with E-state index >= 15 is 0 Å². The van der Waals surface area contributed by atoms with Crippen LogP contribution in [-0.2, 0) is 24.2 Å². The molecule has 8 heteroatoms. The van der Waals surface area contributed by atoms with E-state index < -0.39 is 6.17 Å². The highest BCUT2D eigenvalue weighted by Crippen LogP contribution is 2.32. The Balaban J connectivity index is 0.000000291. The summed E-state index contributed by atoms with van der Waals surface area (Å²) in [5, 5.41) is 9.97. The molecule has 1 atom stereocenters. The van der Waals surface area contributed by atoms with E-state index in [1.165, 1.54) is 63.3 Å². The summed E-state index contributed by atoms with van der Waals surface area (Å²) in [5.74, 6) is 1.10. The van der Waals surface area contributed by atoms with Crippen LogP contribution in [0.1, 0.15) is 80.7 Å². The zero-order chi connectivity index (χ0) is 34.1. The third kappa shape index (κ3) is 10.6. The van der Waals surface area contributed by atoms with E-state index in [0.29, 0.717) is 13.1 Å². The number of amides is 1. The van der Waals surface area contributed by atoms with Gasteiger partial charge < -0.3 is 15.5 Å². The Morgan fingerprint density at radius 1 is 1.08 bits per heavy atom. The van der Waals surface area contributed by atoms with Gasteiger partial charge in [-0.15, -0.1) is 11.3 Å². The van der Waals surface area contributed by atoms with Crippen molar-refractivity contribution in [2.24, 2.45) is 0 Å². The van der Waals surface area contributed by atoms with E-state index in [1.807, 2.05) is 41.9 Å². The Morgan fingerprint density at radius 2 is 1.88 bits per heavy atom. The van der Waals surface area contributed by atoms with Crippen LogP contribution in [0.2, 0.25) is 0 Å². The van der Waals surface area contributed by atoms with Gasteiger partial charge in [-0.25, -0.2) is 0 Å². The first-order chi connectivity index (χ1) is 23.5. The van der Waals surface area contributed by atoms with Crippen LogP contribution in [0.25, 0.3) is 17.2 Å². The molecule has 1 amide bonds. The van der Waals surface area contributed by atoms with Crippen LogP contribution in [0.5, 0.6) is 0 Å². The molecule has 3 aromatic rings. The molecule has 1 unspecified atom stereocenters. The lowest BCUT2D eigenvalue weighted by molar-refractivity contribution is -0.134. The minimum atomic E-state index is -0.416. The topological polar surface area (TPSA) is 72.5 Å². The van der Waals surface area contributed by atoms with Gasteiger partial charge in [-0.3, -0.25) is 20.0 Å². The molecule has 2 aliphatic rings. The largest absolute Gasteiger partial charge is 0.365 e. The predicted octanol–water partition coefficient (Wildman–Crippen LogP) is 7.73. The van der Waals surface area contributed by atoms with E-state index in [0.717, 1.165) is 44.7 Å². The van der Waals surface area contributed by atoms with E-state index in [4.69, 9.17) is 0 Å². The lowest BCUT2D eigenvalue weighted by Crippen LogP contribution is -2.58. The van der Waals surface area contributed by atoms with Gasteiger partial charge >= 0.3 is 0 Å². The van der Waals surface area contributed by atoms with E-state index in [1.54, 1.807) is 0 Å². The summed E-state index contributed by atoms with van der Waals surface area (Å²) in [6.45, 7) is 12.9. The zero-order valence-electron chi connectivity index (χ0n) is 29.7. The van der Waals surface area contributed by atoms with Crippen molar-refractivity contribution in [2.75, 3.05) is 33.2 Å². The van der Waals surface area contributed by atoms with Gasteiger partial charge in [0.05, 0.1) is 0 Å². The first kappa shape index (κ1) is 37.1. The van der Waals surface area contributed by atoms with Crippen LogP contribution >= 0.6 is 11.3 Å². The molecule has 0 spiro atoms. The fourth-order valence-corrected chi connectivity index (χ4v) is 7.27. The number of likely N-dealkylation sites (tertiary alicyclic amines) is 1. The van der Waals surface area contributed by atoms with Crippen molar-refractivity contribution in [3.8, 4) is 11.1 Å². The van der Waals surface area contributed by atoms with Crippen LogP contribution in [0.3, 0.4) is 0 Å². The average Bonchev–Trinajstić information content (AvgIpc) is 3.54. The van der Waals surface area contributed by atoms with Gasteiger partial charge in [0.1, 0.15) is 5.82 Å². The highest BCUT2D eigenvalue weighted by molar-refractivity contribution is 7.12. The van der Waals surface area contributed by atoms with Crippen molar-refractivity contribution in [3.05, 3.63) is 105 Å². The van der Waals surface area contributed by atoms with Gasteiger partial charge in [-0.2, -0.15) is 0 Å². The number of aromatic nitrogens is 1. The van der Waals surface area contributed by atoms with E-state index in [2.05, 4.69) is 114 Å². The van der Waals surface area contributed by atoms with Crippen LogP contribution in [-0.4, -0.2) is 60.1 Å². The van der Waals surface area contributed by atoms with Gasteiger partial charge in [0, 0.05) is 61.1 Å². The average molecular weight is 669 g/mol. The minimum absolute atomic E-state index is 0.0920. The highest BCUT2D eigenvalue weighted by atomic mass is 32.1. The number of hydrogen-bond acceptors (Lipinski definition) is 7. The van der Waals surface area contributed by atoms with Crippen molar-refractivity contribution >= 4 is 23.3 Å². The molecule has 0 radical (unpaired) electrons. The Hall–Kier alpha value is -3.72. The third-order valence-electron chi connectivity index (χ3n) is 8.61. The second kappa shape index (κ2) is 19.9. The third-order valence-corrected chi connectivity index (χ3v) is 9.89. The maximum atomic E-state index is 13.4. The van der Waals surface area contributed by atoms with Gasteiger partial charge in [-0.05, 0) is 86.9 Å². The second-order valence-corrected chi connectivity index (χ2v) is 13.7. The second-order valence-electron chi connectivity index (χ2n) is 12.5. The summed E-state index contributed by atoms with van der Waals surface area (Å²) in [6, 6.07) is 14.9. The maximum absolute atomic E-state index is 13.4. The predicted molar refractivity (Wildman–Crippen MR) is 203 cm³/mol. The number of nitrogens with one attached hydrogen (secondary N) is 3. The zero-order valence-corrected chi connectivity index (χ0v) is 30.5. The molecule has 0 bridgehead atoms. The summed E-state index contributed by atoms with van der Waals surface area (Å²) in [6.07, 6.45) is 19.8. The van der Waals surface area contributed by atoms with Crippen LogP contribution in [0.4, 0.5) is 0 Å². The number of rotatable bonds is 14. The highest BCUT2D eigenvalue weighted by Gasteiger charge is 2.32. The van der Waals surface area contributed by atoms with Gasteiger partial charge in [0.25, 0.3) is 5.91 Å². The molecule has 258 valence electrons. The summed E-state index contributed by atoms with van der Waals surface area (Å²) >= 11 is 1.84. The van der Waals surface area contributed by atoms with Gasteiger partial charge in [-0.1, -0.05) is 81.3 Å². The molecule has 5 rings (SSSR count). The maximum Gasteiger partial charge on any atom is 0.265 e. The number of carbonyl (C=O) groups is 1. The van der Waals surface area contributed by atoms with Crippen molar-refractivity contribution in [3.63, 3.8) is 0 Å². The fraction of sp³-hybridized carbons (Fsp3) is 0.450. The molecular formula is C40H56N6OS. The van der Waals surface area contributed by atoms with Crippen molar-refractivity contribution in [2.45, 2.75) is 85.4 Å². The summed E-state index contributed by atoms with van der Waals surface area (Å²) in [4.78, 5) is 24.6. The smallest absolute Gasteiger partial charge is 0.265 e. The quantitative estimate of drug-likeness (QED) is 0.153. The number of pyridine rings is 1. The number of carbonyl (C=O) groups excluding carboxylic acids is 1. The minimum Gasteiger partial charge on any atom is -0.365 e. The van der Waals surface area contributed by atoms with Crippen molar-refractivity contribution in [1.29, 1.82) is 0 Å².